The number of benzene rings is 2. The van der Waals surface area contributed by atoms with Gasteiger partial charge in [0, 0.05) is 50.5 Å². The molecular weight excluding hydrogens is 676 g/mol. The van der Waals surface area contributed by atoms with Crippen LogP contribution in [0.5, 0.6) is 11.5 Å². The molecule has 0 bridgehead atoms. The van der Waals surface area contributed by atoms with Crippen molar-refractivity contribution < 1.29 is 28.5 Å². The number of likely N-dealkylation sites (tertiary alicyclic amines) is 1. The van der Waals surface area contributed by atoms with E-state index in [1.54, 1.807) is 28.4 Å². The van der Waals surface area contributed by atoms with Crippen LogP contribution in [0.4, 0.5) is 0 Å². The topological polar surface area (TPSA) is 168 Å². The number of fused-ring (bicyclic) bond motifs is 2. The lowest BCUT2D eigenvalue weighted by atomic mass is 9.97. The van der Waals surface area contributed by atoms with Crippen LogP contribution in [-0.2, 0) is 9.47 Å². The van der Waals surface area contributed by atoms with Gasteiger partial charge in [-0.3, -0.25) is 19.8 Å². The first kappa shape index (κ1) is 39.8. The van der Waals surface area contributed by atoms with Gasteiger partial charge in [0.2, 0.25) is 0 Å². The molecule has 2 aliphatic heterocycles. The summed E-state index contributed by atoms with van der Waals surface area (Å²) < 4.78 is 20.1. The quantitative estimate of drug-likeness (QED) is 0.128. The van der Waals surface area contributed by atoms with E-state index in [0.29, 0.717) is 54.5 Å². The van der Waals surface area contributed by atoms with Gasteiger partial charge in [0.25, 0.3) is 11.8 Å². The summed E-state index contributed by atoms with van der Waals surface area (Å²) in [7, 11) is 6.58. The van der Waals surface area contributed by atoms with Gasteiger partial charge in [-0.05, 0) is 100 Å². The molecule has 2 fully saturated rings. The number of alkyl halides is 1. The molecule has 2 amide bonds. The van der Waals surface area contributed by atoms with Crippen molar-refractivity contribution in [3.63, 3.8) is 0 Å². The summed E-state index contributed by atoms with van der Waals surface area (Å²) in [5.74, 6) is 2.82. The highest BCUT2D eigenvalue weighted by molar-refractivity contribution is 6.18. The number of nitrogens with one attached hydrogen (secondary N) is 5. The highest BCUT2D eigenvalue weighted by atomic mass is 35.5. The molecule has 14 nitrogen and oxygen atoms in total. The molecule has 0 radical (unpaired) electrons. The number of rotatable bonds is 13. The van der Waals surface area contributed by atoms with E-state index < -0.39 is 0 Å². The zero-order chi connectivity index (χ0) is 36.4. The average Bonchev–Trinajstić information content (AvgIpc) is 3.81. The van der Waals surface area contributed by atoms with Crippen LogP contribution in [0, 0.1) is 11.8 Å². The van der Waals surface area contributed by atoms with Crippen LogP contribution in [0.15, 0.2) is 36.4 Å². The summed E-state index contributed by atoms with van der Waals surface area (Å²) in [4.78, 5) is 27.2. The standard InChI is InChI=1S/C18H26N4O3.C15H20N4O2.C3H7ClO/c1-24-10-9-22-7-5-13(6-8-22)12-19-18(23)17-15-11-14(25-2)3-4-16(15)20-21-17;1-21-11-2-3-13-12(8-11)14(19-18-13)15(20)17-9-10-4-6-16-7-5-10;1-5-3-2-4/h3-4,11,13H,5-10,12H2,1-2H3,(H,19,23)(H,20,21);2-3,8,10,16H,4-7,9H2,1H3,(H,17,20)(H,18,19);2-3H2,1H3. The van der Waals surface area contributed by atoms with Crippen LogP contribution >= 0.6 is 11.6 Å². The molecule has 0 aliphatic carbocycles. The summed E-state index contributed by atoms with van der Waals surface area (Å²) in [6, 6.07) is 11.1. The zero-order valence-corrected chi connectivity index (χ0v) is 30.9. The van der Waals surface area contributed by atoms with E-state index in [1.807, 2.05) is 36.4 Å². The molecule has 5 N–H and O–H groups in total. The highest BCUT2D eigenvalue weighted by Gasteiger charge is 2.22. The lowest BCUT2D eigenvalue weighted by Gasteiger charge is -2.31. The predicted molar refractivity (Wildman–Crippen MR) is 199 cm³/mol. The Labute approximate surface area is 304 Å². The first-order valence-electron chi connectivity index (χ1n) is 17.5. The lowest BCUT2D eigenvalue weighted by molar-refractivity contribution is 0.0919. The number of carbonyl (C=O) groups is 2. The van der Waals surface area contributed by atoms with Gasteiger partial charge in [0.15, 0.2) is 11.4 Å². The molecule has 0 atom stereocenters. The Morgan fingerprint density at radius 2 is 1.25 bits per heavy atom. The molecule has 2 aromatic carbocycles. The number of aromatic nitrogens is 4. The molecule has 0 unspecified atom stereocenters. The number of carbonyl (C=O) groups excluding carboxylic acids is 2. The molecule has 4 aromatic rings. The van der Waals surface area contributed by atoms with E-state index in [-0.39, 0.29) is 11.8 Å². The Hall–Kier alpha value is -3.95. The smallest absolute Gasteiger partial charge is 0.272 e. The number of piperidine rings is 2. The number of ether oxygens (including phenoxy) is 4. The number of aromatic amines is 2. The summed E-state index contributed by atoms with van der Waals surface area (Å²) in [6.45, 7) is 7.99. The Bertz CT molecular complexity index is 1630. The third-order valence-electron chi connectivity index (χ3n) is 9.13. The normalized spacial score (nSPS) is 15.4. The molecule has 2 saturated heterocycles. The molecule has 2 aliphatic rings. The fourth-order valence-corrected chi connectivity index (χ4v) is 6.18. The number of hydrogen-bond acceptors (Lipinski definition) is 10. The summed E-state index contributed by atoms with van der Waals surface area (Å²) in [5.41, 5.74) is 2.52. The minimum atomic E-state index is -0.138. The molecule has 0 saturated carbocycles. The van der Waals surface area contributed by atoms with Crippen LogP contribution in [-0.4, -0.2) is 130 Å². The number of halogens is 1. The number of H-pyrrole nitrogens is 2. The van der Waals surface area contributed by atoms with E-state index >= 15 is 0 Å². The Kier molecular flexibility index (Phi) is 16.7. The number of hydrogen-bond donors (Lipinski definition) is 5. The minimum Gasteiger partial charge on any atom is -0.497 e. The maximum Gasteiger partial charge on any atom is 0.272 e. The lowest BCUT2D eigenvalue weighted by Crippen LogP contribution is -2.39. The number of nitrogens with zero attached hydrogens (tertiary/aromatic N) is 3. The van der Waals surface area contributed by atoms with Gasteiger partial charge in [-0.25, -0.2) is 0 Å². The summed E-state index contributed by atoms with van der Waals surface area (Å²) in [6.07, 6.45) is 4.41. The van der Waals surface area contributed by atoms with Gasteiger partial charge in [-0.1, -0.05) is 0 Å². The Morgan fingerprint density at radius 3 is 1.69 bits per heavy atom. The van der Waals surface area contributed by atoms with Gasteiger partial charge in [-0.15, -0.1) is 11.6 Å². The first-order valence-corrected chi connectivity index (χ1v) is 18.0. The van der Waals surface area contributed by atoms with E-state index in [4.69, 9.17) is 25.8 Å². The third kappa shape index (κ3) is 12.1. The maximum atomic E-state index is 12.5. The predicted octanol–water partition coefficient (Wildman–Crippen LogP) is 3.83. The van der Waals surface area contributed by atoms with Crippen LogP contribution in [0.2, 0.25) is 0 Å². The molecule has 15 heteroatoms. The monoisotopic (exact) mass is 728 g/mol. The van der Waals surface area contributed by atoms with Crippen LogP contribution in [0.1, 0.15) is 46.7 Å². The second-order valence-corrected chi connectivity index (χ2v) is 12.9. The van der Waals surface area contributed by atoms with Crippen molar-refractivity contribution in [1.29, 1.82) is 0 Å². The van der Waals surface area contributed by atoms with Crippen molar-refractivity contribution in [3.8, 4) is 11.5 Å². The SMILES string of the molecule is COCCCl.COCCN1CCC(CNC(=O)c2n[nH]c3ccc(OC)cc23)CC1.COc1ccc2[nH]nc(C(=O)NCC3CCNCC3)c2c1. The average molecular weight is 729 g/mol. The zero-order valence-electron chi connectivity index (χ0n) is 30.2. The minimum absolute atomic E-state index is 0.131. The van der Waals surface area contributed by atoms with Crippen molar-refractivity contribution >= 4 is 45.2 Å². The maximum absolute atomic E-state index is 12.5. The van der Waals surface area contributed by atoms with Crippen LogP contribution in [0.3, 0.4) is 0 Å². The second kappa shape index (κ2) is 21.4. The Morgan fingerprint density at radius 1 is 0.765 bits per heavy atom. The van der Waals surface area contributed by atoms with Crippen molar-refractivity contribution in [2.45, 2.75) is 25.7 Å². The summed E-state index contributed by atoms with van der Waals surface area (Å²) >= 11 is 5.18. The fourth-order valence-electron chi connectivity index (χ4n) is 6.03. The summed E-state index contributed by atoms with van der Waals surface area (Å²) in [5, 5.41) is 25.0. The van der Waals surface area contributed by atoms with Crippen LogP contribution < -0.4 is 25.4 Å². The van der Waals surface area contributed by atoms with Crippen molar-refractivity contribution in [2.24, 2.45) is 11.8 Å². The van der Waals surface area contributed by atoms with Crippen LogP contribution in [0.25, 0.3) is 21.8 Å². The van der Waals surface area contributed by atoms with E-state index in [1.165, 1.54) is 0 Å². The molecule has 6 rings (SSSR count). The molecule has 0 spiro atoms. The largest absolute Gasteiger partial charge is 0.497 e. The molecule has 280 valence electrons. The number of methoxy groups -OCH3 is 4. The molecular formula is C36H53ClN8O6. The van der Waals surface area contributed by atoms with E-state index in [2.05, 4.69) is 46.0 Å². The van der Waals surface area contributed by atoms with E-state index in [0.717, 1.165) is 92.6 Å². The van der Waals surface area contributed by atoms with Gasteiger partial charge < -0.3 is 39.8 Å². The van der Waals surface area contributed by atoms with Crippen molar-refractivity contribution in [2.75, 3.05) is 93.3 Å². The molecule has 2 aromatic heterocycles. The van der Waals surface area contributed by atoms with E-state index in [9.17, 15) is 9.59 Å². The van der Waals surface area contributed by atoms with Crippen molar-refractivity contribution in [3.05, 3.63) is 47.8 Å². The fraction of sp³-hybridized carbons (Fsp3) is 0.556. The second-order valence-electron chi connectivity index (χ2n) is 12.5. The third-order valence-corrected chi connectivity index (χ3v) is 9.29. The van der Waals surface area contributed by atoms with Gasteiger partial charge in [0.1, 0.15) is 11.5 Å². The van der Waals surface area contributed by atoms with Gasteiger partial charge in [0.05, 0.1) is 38.5 Å². The number of amides is 2. The van der Waals surface area contributed by atoms with Crippen molar-refractivity contribution in [1.82, 2.24) is 41.2 Å². The first-order chi connectivity index (χ1) is 24.9. The molecule has 4 heterocycles. The Balaban J connectivity index is 0.000000204. The van der Waals surface area contributed by atoms with Gasteiger partial charge >= 0.3 is 0 Å². The van der Waals surface area contributed by atoms with Gasteiger partial charge in [-0.2, -0.15) is 10.2 Å². The highest BCUT2D eigenvalue weighted by Crippen LogP contribution is 2.23. The molecule has 51 heavy (non-hydrogen) atoms.